The number of hydrogen-bond acceptors (Lipinski definition) is 3. The Morgan fingerprint density at radius 3 is 3.00 bits per heavy atom. The number of hydrogen-bond donors (Lipinski definition) is 2. The van der Waals surface area contributed by atoms with E-state index in [-0.39, 0.29) is 12.6 Å². The van der Waals surface area contributed by atoms with E-state index in [1.54, 1.807) is 7.11 Å². The normalized spacial score (nSPS) is 19.5. The maximum Gasteiger partial charge on any atom is 0.119 e. The summed E-state index contributed by atoms with van der Waals surface area (Å²) in [6, 6.07) is 3.97. The van der Waals surface area contributed by atoms with Crippen LogP contribution in [0.25, 0.3) is 0 Å². The van der Waals surface area contributed by atoms with Crippen molar-refractivity contribution in [3.8, 4) is 5.75 Å². The van der Waals surface area contributed by atoms with Crippen molar-refractivity contribution in [2.24, 2.45) is 5.73 Å². The summed E-state index contributed by atoms with van der Waals surface area (Å²) < 4.78 is 5.16. The average molecular weight is 193 g/mol. The van der Waals surface area contributed by atoms with Crippen LogP contribution in [0.1, 0.15) is 29.2 Å². The monoisotopic (exact) mass is 193 g/mol. The highest BCUT2D eigenvalue weighted by Crippen LogP contribution is 2.34. The maximum atomic E-state index is 9.21. The van der Waals surface area contributed by atoms with Crippen molar-refractivity contribution < 1.29 is 9.84 Å². The molecule has 3 N–H and O–H groups in total. The molecular weight excluding hydrogens is 178 g/mol. The first kappa shape index (κ1) is 9.49. The van der Waals surface area contributed by atoms with E-state index < -0.39 is 0 Å². The van der Waals surface area contributed by atoms with E-state index in [9.17, 15) is 5.11 Å². The average Bonchev–Trinajstić information content (AvgIpc) is 2.59. The fourth-order valence-corrected chi connectivity index (χ4v) is 2.08. The van der Waals surface area contributed by atoms with Gasteiger partial charge in [-0.25, -0.2) is 0 Å². The fraction of sp³-hybridized carbons (Fsp3) is 0.455. The van der Waals surface area contributed by atoms with E-state index in [0.717, 1.165) is 29.7 Å². The summed E-state index contributed by atoms with van der Waals surface area (Å²) in [6.45, 7) is 0.0618. The molecule has 0 heterocycles. The second-order valence-electron chi connectivity index (χ2n) is 3.66. The number of benzene rings is 1. The molecular formula is C11H15NO2. The smallest absolute Gasteiger partial charge is 0.119 e. The summed E-state index contributed by atoms with van der Waals surface area (Å²) in [5, 5.41) is 9.21. The summed E-state index contributed by atoms with van der Waals surface area (Å²) in [4.78, 5) is 0. The Morgan fingerprint density at radius 2 is 2.36 bits per heavy atom. The molecule has 0 fully saturated rings. The Labute approximate surface area is 83.5 Å². The molecule has 0 amide bonds. The number of ether oxygens (including phenoxy) is 1. The van der Waals surface area contributed by atoms with Gasteiger partial charge in [0, 0.05) is 6.04 Å². The number of rotatable bonds is 2. The fourth-order valence-electron chi connectivity index (χ4n) is 2.08. The van der Waals surface area contributed by atoms with Crippen LogP contribution in [0, 0.1) is 0 Å². The van der Waals surface area contributed by atoms with Crippen molar-refractivity contribution in [3.63, 3.8) is 0 Å². The summed E-state index contributed by atoms with van der Waals surface area (Å²) >= 11 is 0. The van der Waals surface area contributed by atoms with Gasteiger partial charge in [-0.15, -0.1) is 0 Å². The minimum atomic E-state index is 0.0618. The summed E-state index contributed by atoms with van der Waals surface area (Å²) in [7, 11) is 1.63. The van der Waals surface area contributed by atoms with Gasteiger partial charge in [-0.05, 0) is 41.7 Å². The lowest BCUT2D eigenvalue weighted by Gasteiger charge is -2.11. The minimum Gasteiger partial charge on any atom is -0.497 e. The van der Waals surface area contributed by atoms with E-state index in [2.05, 4.69) is 0 Å². The molecule has 0 bridgehead atoms. The SMILES string of the molecule is COc1cc(CO)c2c(c1)[C@H](N)CC2. The number of methoxy groups -OCH3 is 1. The van der Waals surface area contributed by atoms with E-state index in [4.69, 9.17) is 10.5 Å². The summed E-state index contributed by atoms with van der Waals surface area (Å²) in [5.74, 6) is 0.783. The maximum absolute atomic E-state index is 9.21. The topological polar surface area (TPSA) is 55.5 Å². The highest BCUT2D eigenvalue weighted by molar-refractivity contribution is 5.46. The summed E-state index contributed by atoms with van der Waals surface area (Å²) in [6.07, 6.45) is 1.94. The first-order valence-electron chi connectivity index (χ1n) is 4.82. The van der Waals surface area contributed by atoms with Crippen LogP contribution < -0.4 is 10.5 Å². The lowest BCUT2D eigenvalue weighted by atomic mass is 10.0. The molecule has 14 heavy (non-hydrogen) atoms. The van der Waals surface area contributed by atoms with Crippen LogP contribution in [0.5, 0.6) is 5.75 Å². The molecule has 1 atom stereocenters. The Hall–Kier alpha value is -1.06. The predicted molar refractivity (Wildman–Crippen MR) is 54.2 cm³/mol. The van der Waals surface area contributed by atoms with Gasteiger partial charge in [-0.2, -0.15) is 0 Å². The summed E-state index contributed by atoms with van der Waals surface area (Å²) in [5.41, 5.74) is 9.25. The van der Waals surface area contributed by atoms with Gasteiger partial charge in [0.1, 0.15) is 5.75 Å². The van der Waals surface area contributed by atoms with Crippen LogP contribution >= 0.6 is 0 Å². The van der Waals surface area contributed by atoms with Crippen LogP contribution in [-0.4, -0.2) is 12.2 Å². The van der Waals surface area contributed by atoms with Crippen molar-refractivity contribution in [1.29, 1.82) is 0 Å². The Balaban J connectivity index is 2.52. The van der Waals surface area contributed by atoms with Crippen molar-refractivity contribution in [2.75, 3.05) is 7.11 Å². The van der Waals surface area contributed by atoms with Gasteiger partial charge in [0.15, 0.2) is 0 Å². The van der Waals surface area contributed by atoms with Gasteiger partial charge in [0.05, 0.1) is 13.7 Å². The second kappa shape index (κ2) is 3.59. The highest BCUT2D eigenvalue weighted by Gasteiger charge is 2.22. The van der Waals surface area contributed by atoms with Crippen molar-refractivity contribution >= 4 is 0 Å². The zero-order valence-electron chi connectivity index (χ0n) is 8.29. The van der Waals surface area contributed by atoms with Gasteiger partial charge in [-0.1, -0.05) is 0 Å². The molecule has 76 valence electrons. The van der Waals surface area contributed by atoms with Crippen molar-refractivity contribution in [3.05, 3.63) is 28.8 Å². The number of fused-ring (bicyclic) bond motifs is 1. The van der Waals surface area contributed by atoms with E-state index >= 15 is 0 Å². The molecule has 2 rings (SSSR count). The molecule has 0 aliphatic heterocycles. The molecule has 1 aromatic carbocycles. The third-order valence-corrected chi connectivity index (χ3v) is 2.86. The number of aliphatic hydroxyl groups is 1. The van der Waals surface area contributed by atoms with Crippen LogP contribution in [0.3, 0.4) is 0 Å². The Morgan fingerprint density at radius 1 is 1.57 bits per heavy atom. The van der Waals surface area contributed by atoms with Crippen LogP contribution in [-0.2, 0) is 13.0 Å². The molecule has 3 nitrogen and oxygen atoms in total. The molecule has 1 aliphatic carbocycles. The van der Waals surface area contributed by atoms with Gasteiger partial charge < -0.3 is 15.6 Å². The molecule has 0 saturated heterocycles. The number of nitrogens with two attached hydrogens (primary N) is 1. The van der Waals surface area contributed by atoms with E-state index in [1.807, 2.05) is 12.1 Å². The van der Waals surface area contributed by atoms with Crippen LogP contribution in [0.4, 0.5) is 0 Å². The molecule has 3 heteroatoms. The van der Waals surface area contributed by atoms with Gasteiger partial charge >= 0.3 is 0 Å². The third-order valence-electron chi connectivity index (χ3n) is 2.86. The molecule has 1 aliphatic rings. The highest BCUT2D eigenvalue weighted by atomic mass is 16.5. The second-order valence-corrected chi connectivity index (χ2v) is 3.66. The molecule has 0 unspecified atom stereocenters. The van der Waals surface area contributed by atoms with Crippen LogP contribution in [0.15, 0.2) is 12.1 Å². The first-order chi connectivity index (χ1) is 6.76. The quantitative estimate of drug-likeness (QED) is 0.740. The van der Waals surface area contributed by atoms with Crippen LogP contribution in [0.2, 0.25) is 0 Å². The Bertz CT molecular complexity index is 349. The van der Waals surface area contributed by atoms with E-state index in [1.165, 1.54) is 5.56 Å². The molecule has 0 radical (unpaired) electrons. The van der Waals surface area contributed by atoms with E-state index in [0.29, 0.717) is 0 Å². The minimum absolute atomic E-state index is 0.0618. The first-order valence-corrected chi connectivity index (χ1v) is 4.82. The van der Waals surface area contributed by atoms with Gasteiger partial charge in [0.2, 0.25) is 0 Å². The zero-order valence-corrected chi connectivity index (χ0v) is 8.29. The lowest BCUT2D eigenvalue weighted by Crippen LogP contribution is -2.06. The van der Waals surface area contributed by atoms with Crippen molar-refractivity contribution in [2.45, 2.75) is 25.5 Å². The molecule has 0 spiro atoms. The predicted octanol–water partition coefficient (Wildman–Crippen LogP) is 1.13. The Kier molecular flexibility index (Phi) is 2.44. The molecule has 1 aromatic rings. The van der Waals surface area contributed by atoms with Gasteiger partial charge in [-0.3, -0.25) is 0 Å². The van der Waals surface area contributed by atoms with Gasteiger partial charge in [0.25, 0.3) is 0 Å². The number of aliphatic hydroxyl groups excluding tert-OH is 1. The lowest BCUT2D eigenvalue weighted by molar-refractivity contribution is 0.280. The zero-order chi connectivity index (χ0) is 10.1. The molecule has 0 saturated carbocycles. The molecule has 0 aromatic heterocycles. The van der Waals surface area contributed by atoms with Crippen molar-refractivity contribution in [1.82, 2.24) is 0 Å². The third kappa shape index (κ3) is 1.38. The largest absolute Gasteiger partial charge is 0.497 e. The standard InChI is InChI=1S/C11H15NO2/c1-14-8-4-7(6-13)9-2-3-11(12)10(9)5-8/h4-5,11,13H,2-3,6,12H2,1H3/t11-/m1/s1.